The topological polar surface area (TPSA) is 20.2 Å². The van der Waals surface area contributed by atoms with Crippen LogP contribution in [0.15, 0.2) is 0 Å². The van der Waals surface area contributed by atoms with Crippen LogP contribution in [-0.4, -0.2) is 52.7 Å². The molecule has 0 aromatic rings. The van der Waals surface area contributed by atoms with Crippen LogP contribution in [0.25, 0.3) is 0 Å². The average molecular weight is 272 g/mol. The molecule has 16 heavy (non-hydrogen) atoms. The number of hydrogen-bond donors (Lipinski definition) is 1. The molecule has 0 aromatic carbocycles. The summed E-state index contributed by atoms with van der Waals surface area (Å²) in [5.41, 5.74) is 0. The second-order valence-corrected chi connectivity index (χ2v) is 6.55. The highest BCUT2D eigenvalue weighted by molar-refractivity contribution is 6.93. The van der Waals surface area contributed by atoms with Crippen LogP contribution in [0.2, 0.25) is 9.10 Å². The lowest BCUT2D eigenvalue weighted by Gasteiger charge is -1.92. The Bertz CT molecular complexity index is 77.4. The van der Waals surface area contributed by atoms with Crippen molar-refractivity contribution in [2.24, 2.45) is 0 Å². The lowest BCUT2D eigenvalue weighted by molar-refractivity contribution is 0.318. The maximum Gasteiger partial charge on any atom is 1.41 e. The Labute approximate surface area is 129 Å². The van der Waals surface area contributed by atoms with Crippen molar-refractivity contribution in [3.8, 4) is 0 Å². The van der Waals surface area contributed by atoms with Crippen molar-refractivity contribution < 1.29 is 5.11 Å². The lowest BCUT2D eigenvalue weighted by Crippen LogP contribution is -1.78. The van der Waals surface area contributed by atoms with Crippen molar-refractivity contribution in [2.45, 2.75) is 68.4 Å². The van der Waals surface area contributed by atoms with E-state index in [9.17, 15) is 0 Å². The van der Waals surface area contributed by atoms with Gasteiger partial charge in [0, 0.05) is 13.0 Å². The molecule has 0 aliphatic heterocycles. The van der Waals surface area contributed by atoms with Gasteiger partial charge in [-0.25, -0.2) is 0 Å². The number of aliphatic hydroxyl groups excluding tert-OH is 1. The third-order valence-corrected chi connectivity index (χ3v) is 3.91. The Morgan fingerprint density at radius 1 is 1.00 bits per heavy atom. The van der Waals surface area contributed by atoms with Crippen molar-refractivity contribution in [1.29, 1.82) is 0 Å². The van der Waals surface area contributed by atoms with Crippen LogP contribution in [-0.2, 0) is 0 Å². The molecule has 0 fully saturated rings. The molecular weight excluding hydrogens is 244 g/mol. The molecule has 0 bridgehead atoms. The molecule has 0 saturated heterocycles. The van der Waals surface area contributed by atoms with Gasteiger partial charge in [0.25, 0.3) is 4.55 Å². The average Bonchev–Trinajstić information content (AvgIpc) is 2.28. The molecule has 0 aromatic heterocycles. The van der Waals surface area contributed by atoms with Gasteiger partial charge < -0.3 is 14.2 Å². The number of unbranched alkanes of at least 4 members (excludes halogenated alkanes) is 4. The first-order valence-electron chi connectivity index (χ1n) is 6.70. The number of rotatable bonds is 7. The van der Waals surface area contributed by atoms with E-state index >= 15 is 0 Å². The predicted octanol–water partition coefficient (Wildman–Crippen LogP) is 4.21. The molecule has 0 unspecified atom stereocenters. The Morgan fingerprint density at radius 3 is 1.75 bits per heavy atom. The third-order valence-electron chi connectivity index (χ3n) is 1.84. The van der Waals surface area contributed by atoms with Gasteiger partial charge in [-0.3, -0.25) is 0 Å². The lowest BCUT2D eigenvalue weighted by atomic mass is 10.2. The summed E-state index contributed by atoms with van der Waals surface area (Å²) in [4.78, 5) is 0. The fourth-order valence-electron chi connectivity index (χ4n) is 0.948. The summed E-state index contributed by atoms with van der Waals surface area (Å²) in [7, 11) is 5.62. The molecule has 0 rings (SSSR count). The second kappa shape index (κ2) is 30.1. The Kier molecular flexibility index (Phi) is 43.1. The van der Waals surface area contributed by atoms with E-state index in [1.165, 1.54) is 47.6 Å². The highest BCUT2D eigenvalue weighted by Gasteiger charge is 2.19. The Balaban J connectivity index is -0.000000181. The first-order valence-corrected chi connectivity index (χ1v) is 10.8. The minimum atomic E-state index is -0.142. The summed E-state index contributed by atoms with van der Waals surface area (Å²) in [5, 5.41) is 7.57. The van der Waals surface area contributed by atoms with Gasteiger partial charge in [0.1, 0.15) is 0 Å². The van der Waals surface area contributed by atoms with E-state index in [-0.39, 0.29) is 25.9 Å². The van der Waals surface area contributed by atoms with E-state index in [0.717, 1.165) is 0 Å². The van der Waals surface area contributed by atoms with Crippen LogP contribution in [0.1, 0.15) is 59.3 Å². The standard InChI is InChI=1S/C6H13.C4H9.C2H6O.ClH.2Mg/c1-3-5-6-4-2;1-3-4-2;1-2-3;;;/h1,3-6H2,2H3;1,3-4H2,2H3;3H,2H2,1H3;1H;;/q;;;;+1;+2/p-1. The third kappa shape index (κ3) is 44.7. The SMILES string of the molecule is CCCCC[CH2][Mg][Cl].CCC[CH2][Mg+2].CCO. The molecule has 0 spiro atoms. The maximum absolute atomic E-state index is 7.57. The molecule has 0 atom stereocenters. The van der Waals surface area contributed by atoms with Crippen LogP contribution in [0.4, 0.5) is 0 Å². The van der Waals surface area contributed by atoms with E-state index in [1.54, 1.807) is 6.92 Å². The van der Waals surface area contributed by atoms with Crippen LogP contribution >= 0.6 is 9.07 Å². The van der Waals surface area contributed by atoms with Gasteiger partial charge in [0.15, 0.2) is 0 Å². The molecule has 4 heteroatoms. The summed E-state index contributed by atoms with van der Waals surface area (Å²) >= 11 is 1.91. The summed E-state index contributed by atoms with van der Waals surface area (Å²) in [6, 6.07) is 0. The first-order chi connectivity index (χ1) is 7.74. The molecule has 0 saturated carbocycles. The van der Waals surface area contributed by atoms with Gasteiger partial charge in [-0.2, -0.15) is 0 Å². The zero-order chi connectivity index (χ0) is 13.1. The zero-order valence-electron chi connectivity index (χ0n) is 11.6. The Morgan fingerprint density at radius 2 is 1.50 bits per heavy atom. The van der Waals surface area contributed by atoms with Gasteiger partial charge in [0.05, 0.1) is 0 Å². The highest BCUT2D eigenvalue weighted by atomic mass is 35.5. The molecule has 0 aliphatic carbocycles. The second-order valence-electron chi connectivity index (χ2n) is 3.63. The minimum Gasteiger partial charge on any atom is -0.397 e. The van der Waals surface area contributed by atoms with Gasteiger partial charge in [-0.05, 0) is 13.3 Å². The smallest absolute Gasteiger partial charge is 0.397 e. The molecule has 0 amide bonds. The van der Waals surface area contributed by atoms with Gasteiger partial charge in [-0.15, -0.1) is 4.55 Å². The molecule has 7 radical (unpaired) electrons. The quantitative estimate of drug-likeness (QED) is 0.543. The number of halogens is 1. The van der Waals surface area contributed by atoms with Gasteiger partial charge in [-0.1, -0.05) is 39.5 Å². The monoisotopic (exact) mass is 271 g/mol. The van der Waals surface area contributed by atoms with Crippen LogP contribution in [0, 0.1) is 0 Å². The molecular formula is C12H28ClMg2O+2. The molecule has 91 valence electrons. The first kappa shape index (κ1) is 22.9. The molecule has 1 nitrogen and oxygen atoms in total. The van der Waals surface area contributed by atoms with Crippen molar-refractivity contribution in [3.05, 3.63) is 0 Å². The Hall–Kier alpha value is 1.78. The maximum atomic E-state index is 7.57. The van der Waals surface area contributed by atoms with Gasteiger partial charge >= 0.3 is 41.0 Å². The fourth-order valence-corrected chi connectivity index (χ4v) is 2.56. The van der Waals surface area contributed by atoms with Crippen LogP contribution < -0.4 is 0 Å². The summed E-state index contributed by atoms with van der Waals surface area (Å²) in [6.07, 6.45) is 8.26. The predicted molar refractivity (Wildman–Crippen MR) is 78.8 cm³/mol. The molecule has 0 heterocycles. The van der Waals surface area contributed by atoms with Crippen molar-refractivity contribution >= 4 is 50.0 Å². The summed E-state index contributed by atoms with van der Waals surface area (Å²) < 4.78 is 2.71. The fraction of sp³-hybridized carbons (Fsp3) is 1.00. The largest absolute Gasteiger partial charge is 1.41 e. The van der Waals surface area contributed by atoms with E-state index in [2.05, 4.69) is 13.8 Å². The summed E-state index contributed by atoms with van der Waals surface area (Å²) in [6.45, 7) is 6.38. The van der Waals surface area contributed by atoms with E-state index in [0.29, 0.717) is 0 Å². The van der Waals surface area contributed by atoms with Crippen molar-refractivity contribution in [2.75, 3.05) is 6.61 Å². The van der Waals surface area contributed by atoms with E-state index < -0.39 is 0 Å². The van der Waals surface area contributed by atoms with Crippen molar-refractivity contribution in [1.82, 2.24) is 0 Å². The normalized spacial score (nSPS) is 8.12. The number of aliphatic hydroxyl groups is 1. The zero-order valence-corrected chi connectivity index (χ0v) is 15.2. The van der Waals surface area contributed by atoms with Crippen LogP contribution in [0.3, 0.4) is 0 Å². The molecule has 0 aliphatic rings. The summed E-state index contributed by atoms with van der Waals surface area (Å²) in [5.74, 6) is 0. The van der Waals surface area contributed by atoms with Crippen LogP contribution in [0.5, 0.6) is 0 Å². The van der Waals surface area contributed by atoms with Gasteiger partial charge in [0.2, 0.25) is 0 Å². The minimum absolute atomic E-state index is 0.142. The number of hydrogen-bond acceptors (Lipinski definition) is 1. The highest BCUT2D eigenvalue weighted by Crippen LogP contribution is 2.02. The van der Waals surface area contributed by atoms with Crippen molar-refractivity contribution in [3.63, 3.8) is 0 Å². The molecule has 1 N–H and O–H groups in total. The van der Waals surface area contributed by atoms with E-state index in [4.69, 9.17) is 14.2 Å². The van der Waals surface area contributed by atoms with E-state index in [1.807, 2.05) is 21.7 Å².